The lowest BCUT2D eigenvalue weighted by atomic mass is 9.87. The van der Waals surface area contributed by atoms with Crippen LogP contribution < -0.4 is 4.72 Å². The monoisotopic (exact) mass is 362 g/mol. The zero-order valence-corrected chi connectivity index (χ0v) is 15.9. The topological polar surface area (TPSA) is 66.5 Å². The van der Waals surface area contributed by atoms with E-state index in [2.05, 4.69) is 35.6 Å². The molecule has 0 atom stereocenters. The van der Waals surface area contributed by atoms with Gasteiger partial charge in [-0.05, 0) is 49.5 Å². The summed E-state index contributed by atoms with van der Waals surface area (Å²) in [4.78, 5) is 14.8. The molecule has 1 aliphatic heterocycles. The SMILES string of the molecule is Cc1cc(C)c2c(c1)C=C(CN1CCC(NS(C)(=O)=O)CC1)C(=O)C2. The van der Waals surface area contributed by atoms with Gasteiger partial charge in [0.05, 0.1) is 6.26 Å². The largest absolute Gasteiger partial charge is 0.299 e. The highest BCUT2D eigenvalue weighted by molar-refractivity contribution is 7.88. The van der Waals surface area contributed by atoms with Crippen molar-refractivity contribution in [3.63, 3.8) is 0 Å². The number of Topliss-reactive ketones (excluding diaryl/α,β-unsaturated/α-hetero) is 1. The molecule has 25 heavy (non-hydrogen) atoms. The molecule has 1 aromatic rings. The van der Waals surface area contributed by atoms with Crippen LogP contribution in [-0.4, -0.2) is 51.0 Å². The van der Waals surface area contributed by atoms with Gasteiger partial charge in [-0.15, -0.1) is 0 Å². The lowest BCUT2D eigenvalue weighted by Crippen LogP contribution is -2.45. The summed E-state index contributed by atoms with van der Waals surface area (Å²) in [6, 6.07) is 4.29. The van der Waals surface area contributed by atoms with E-state index in [1.807, 2.05) is 6.08 Å². The van der Waals surface area contributed by atoms with Crippen molar-refractivity contribution in [2.75, 3.05) is 25.9 Å². The number of nitrogens with one attached hydrogen (secondary N) is 1. The third-order valence-corrected chi connectivity index (χ3v) is 5.80. The lowest BCUT2D eigenvalue weighted by molar-refractivity contribution is -0.115. The Balaban J connectivity index is 1.67. The van der Waals surface area contributed by atoms with Gasteiger partial charge in [-0.1, -0.05) is 17.7 Å². The first-order valence-corrected chi connectivity index (χ1v) is 10.6. The van der Waals surface area contributed by atoms with Crippen molar-refractivity contribution in [2.45, 2.75) is 39.2 Å². The Hall–Kier alpha value is -1.50. The second kappa shape index (κ2) is 7.02. The smallest absolute Gasteiger partial charge is 0.208 e. The second-order valence-electron chi connectivity index (χ2n) is 7.36. The third kappa shape index (κ3) is 4.57. The van der Waals surface area contributed by atoms with Gasteiger partial charge in [0.2, 0.25) is 10.0 Å². The first-order chi connectivity index (χ1) is 11.7. The maximum Gasteiger partial charge on any atom is 0.208 e. The molecule has 1 fully saturated rings. The number of fused-ring (bicyclic) bond motifs is 1. The molecule has 6 heteroatoms. The van der Waals surface area contributed by atoms with Crippen LogP contribution in [0.4, 0.5) is 0 Å². The molecule has 0 spiro atoms. The van der Waals surface area contributed by atoms with E-state index in [1.165, 1.54) is 22.9 Å². The van der Waals surface area contributed by atoms with Crippen molar-refractivity contribution in [2.24, 2.45) is 0 Å². The van der Waals surface area contributed by atoms with E-state index < -0.39 is 10.0 Å². The number of ketones is 1. The van der Waals surface area contributed by atoms with Crippen molar-refractivity contribution in [3.8, 4) is 0 Å². The second-order valence-corrected chi connectivity index (χ2v) is 9.14. The molecule has 136 valence electrons. The van der Waals surface area contributed by atoms with Gasteiger partial charge < -0.3 is 0 Å². The lowest BCUT2D eigenvalue weighted by Gasteiger charge is -2.33. The number of likely N-dealkylation sites (tertiary alicyclic amines) is 1. The minimum Gasteiger partial charge on any atom is -0.299 e. The van der Waals surface area contributed by atoms with Crippen LogP contribution in [0.25, 0.3) is 6.08 Å². The highest BCUT2D eigenvalue weighted by atomic mass is 32.2. The summed E-state index contributed by atoms with van der Waals surface area (Å²) >= 11 is 0. The number of rotatable bonds is 4. The molecule has 3 rings (SSSR count). The van der Waals surface area contributed by atoms with E-state index in [-0.39, 0.29) is 11.8 Å². The number of carbonyl (C=O) groups is 1. The van der Waals surface area contributed by atoms with Gasteiger partial charge in [0.25, 0.3) is 0 Å². The molecule has 5 nitrogen and oxygen atoms in total. The average Bonchev–Trinajstić information content (AvgIpc) is 2.49. The van der Waals surface area contributed by atoms with Gasteiger partial charge >= 0.3 is 0 Å². The molecule has 0 aromatic heterocycles. The molecule has 0 saturated carbocycles. The number of aryl methyl sites for hydroxylation is 2. The Morgan fingerprint density at radius 3 is 2.52 bits per heavy atom. The van der Waals surface area contributed by atoms with Crippen molar-refractivity contribution < 1.29 is 13.2 Å². The number of piperidine rings is 1. The molecule has 1 aromatic carbocycles. The van der Waals surface area contributed by atoms with Gasteiger partial charge in [-0.3, -0.25) is 9.69 Å². The Morgan fingerprint density at radius 2 is 1.88 bits per heavy atom. The van der Waals surface area contributed by atoms with Gasteiger partial charge in [-0.2, -0.15) is 0 Å². The molecular weight excluding hydrogens is 336 g/mol. The maximum atomic E-state index is 12.5. The maximum absolute atomic E-state index is 12.5. The van der Waals surface area contributed by atoms with Crippen LogP contribution >= 0.6 is 0 Å². The number of carbonyl (C=O) groups excluding carboxylic acids is 1. The van der Waals surface area contributed by atoms with Gasteiger partial charge in [-0.25, -0.2) is 13.1 Å². The standard InChI is InChI=1S/C19H26N2O3S/c1-13-8-14(2)18-11-19(22)16(10-15(18)9-13)12-21-6-4-17(5-7-21)20-25(3,23)24/h8-10,17,20H,4-7,11-12H2,1-3H3. The number of hydrogen-bond donors (Lipinski definition) is 1. The highest BCUT2D eigenvalue weighted by Crippen LogP contribution is 2.27. The van der Waals surface area contributed by atoms with Crippen LogP contribution in [0.15, 0.2) is 17.7 Å². The van der Waals surface area contributed by atoms with Gasteiger partial charge in [0.1, 0.15) is 0 Å². The first kappa shape index (κ1) is 18.3. The van der Waals surface area contributed by atoms with Gasteiger partial charge in [0.15, 0.2) is 5.78 Å². The van der Waals surface area contributed by atoms with Crippen molar-refractivity contribution >= 4 is 21.9 Å². The van der Waals surface area contributed by atoms with E-state index in [1.54, 1.807) is 0 Å². The van der Waals surface area contributed by atoms with Crippen molar-refractivity contribution in [3.05, 3.63) is 40.0 Å². The van der Waals surface area contributed by atoms with Crippen LogP contribution in [0, 0.1) is 13.8 Å². The molecule has 1 N–H and O–H groups in total. The minimum absolute atomic E-state index is 0.00770. The Morgan fingerprint density at radius 1 is 1.20 bits per heavy atom. The van der Waals surface area contributed by atoms with E-state index in [0.717, 1.165) is 37.1 Å². The zero-order valence-electron chi connectivity index (χ0n) is 15.1. The van der Waals surface area contributed by atoms with E-state index in [4.69, 9.17) is 0 Å². The molecule has 0 radical (unpaired) electrons. The van der Waals surface area contributed by atoms with Gasteiger partial charge in [0, 0.05) is 37.7 Å². The first-order valence-electron chi connectivity index (χ1n) is 8.75. The van der Waals surface area contributed by atoms with Crippen LogP contribution in [0.2, 0.25) is 0 Å². The Kier molecular flexibility index (Phi) is 5.14. The quantitative estimate of drug-likeness (QED) is 0.887. The van der Waals surface area contributed by atoms with E-state index >= 15 is 0 Å². The fourth-order valence-electron chi connectivity index (χ4n) is 3.83. The number of nitrogens with zero attached hydrogens (tertiary/aromatic N) is 1. The number of sulfonamides is 1. The molecular formula is C19H26N2O3S. The van der Waals surface area contributed by atoms with E-state index in [0.29, 0.717) is 13.0 Å². The van der Waals surface area contributed by atoms with Crippen LogP contribution in [0.1, 0.15) is 35.1 Å². The highest BCUT2D eigenvalue weighted by Gasteiger charge is 2.25. The number of benzene rings is 1. The molecule has 1 saturated heterocycles. The average molecular weight is 362 g/mol. The fourth-order valence-corrected chi connectivity index (χ4v) is 4.67. The van der Waals surface area contributed by atoms with E-state index in [9.17, 15) is 13.2 Å². The normalized spacial score (nSPS) is 19.6. The number of hydrogen-bond acceptors (Lipinski definition) is 4. The fraction of sp³-hybridized carbons (Fsp3) is 0.526. The molecule has 0 bridgehead atoms. The Bertz CT molecular complexity index is 819. The summed E-state index contributed by atoms with van der Waals surface area (Å²) < 4.78 is 25.3. The third-order valence-electron chi connectivity index (χ3n) is 5.04. The molecule has 0 unspecified atom stereocenters. The summed E-state index contributed by atoms with van der Waals surface area (Å²) in [5, 5.41) is 0. The van der Waals surface area contributed by atoms with Crippen molar-refractivity contribution in [1.29, 1.82) is 0 Å². The molecule has 1 heterocycles. The summed E-state index contributed by atoms with van der Waals surface area (Å²) in [7, 11) is -3.15. The molecule has 2 aliphatic rings. The summed E-state index contributed by atoms with van der Waals surface area (Å²) in [6.07, 6.45) is 5.29. The Labute approximate surface area is 150 Å². The minimum atomic E-state index is -3.15. The molecule has 0 amide bonds. The zero-order chi connectivity index (χ0) is 18.2. The summed E-state index contributed by atoms with van der Waals surface area (Å²) in [5.41, 5.74) is 5.59. The van der Waals surface area contributed by atoms with Crippen molar-refractivity contribution in [1.82, 2.24) is 9.62 Å². The van der Waals surface area contributed by atoms with Crippen LogP contribution in [0.3, 0.4) is 0 Å². The predicted molar refractivity (Wildman–Crippen MR) is 100 cm³/mol. The molecule has 1 aliphatic carbocycles. The predicted octanol–water partition coefficient (Wildman–Crippen LogP) is 1.83. The van der Waals surface area contributed by atoms with Crippen LogP contribution in [-0.2, 0) is 21.2 Å². The summed E-state index contributed by atoms with van der Waals surface area (Å²) in [6.45, 7) is 6.40. The van der Waals surface area contributed by atoms with Crippen LogP contribution in [0.5, 0.6) is 0 Å². The summed E-state index contributed by atoms with van der Waals surface area (Å²) in [5.74, 6) is 0.204.